The molecule has 0 unspecified atom stereocenters. The van der Waals surface area contributed by atoms with Gasteiger partial charge in [-0.2, -0.15) is 0 Å². The van der Waals surface area contributed by atoms with Gasteiger partial charge in [-0.25, -0.2) is 4.79 Å². The highest BCUT2D eigenvalue weighted by atomic mass is 28.3. The molecule has 23 heavy (non-hydrogen) atoms. The van der Waals surface area contributed by atoms with E-state index in [1.54, 1.807) is 0 Å². The van der Waals surface area contributed by atoms with E-state index < -0.39 is 8.07 Å². The number of rotatable bonds is 6. The molecule has 0 spiro atoms. The van der Waals surface area contributed by atoms with Gasteiger partial charge in [0, 0.05) is 0 Å². The van der Waals surface area contributed by atoms with Crippen molar-refractivity contribution in [1.82, 2.24) is 0 Å². The highest BCUT2D eigenvalue weighted by molar-refractivity contribution is 6.91. The van der Waals surface area contributed by atoms with Crippen molar-refractivity contribution in [1.29, 1.82) is 0 Å². The molecule has 0 bridgehead atoms. The van der Waals surface area contributed by atoms with Crippen molar-refractivity contribution in [2.24, 2.45) is 0 Å². The van der Waals surface area contributed by atoms with E-state index in [9.17, 15) is 4.79 Å². The minimum Gasteiger partial charge on any atom is -0.462 e. The lowest BCUT2D eigenvalue weighted by atomic mass is 10.0. The third kappa shape index (κ3) is 4.20. The minimum atomic E-state index is -1.65. The third-order valence-electron chi connectivity index (χ3n) is 4.01. The van der Waals surface area contributed by atoms with Gasteiger partial charge in [-0.05, 0) is 30.2 Å². The molecule has 0 atom stereocenters. The van der Waals surface area contributed by atoms with E-state index in [1.165, 1.54) is 5.19 Å². The summed E-state index contributed by atoms with van der Waals surface area (Å²) in [6, 6.07) is 19.1. The van der Waals surface area contributed by atoms with Crippen LogP contribution in [0.1, 0.15) is 22.8 Å². The quantitative estimate of drug-likeness (QED) is 0.578. The summed E-state index contributed by atoms with van der Waals surface area (Å²) in [7, 11) is -1.65. The number of hydrogen-bond acceptors (Lipinski definition) is 2. The van der Waals surface area contributed by atoms with Crippen LogP contribution in [-0.4, -0.2) is 20.7 Å². The molecule has 0 fully saturated rings. The predicted molar refractivity (Wildman–Crippen MR) is 99.8 cm³/mol. The lowest BCUT2D eigenvalue weighted by molar-refractivity contribution is 0.0526. The average Bonchev–Trinajstić information content (AvgIpc) is 2.55. The highest BCUT2D eigenvalue weighted by Crippen LogP contribution is 2.27. The summed E-state index contributed by atoms with van der Waals surface area (Å²) in [5, 5.41) is 1.40. The summed E-state index contributed by atoms with van der Waals surface area (Å²) in [5.74, 6) is -0.275. The number of carbonyl (C=O) groups is 1. The summed E-state index contributed by atoms with van der Waals surface area (Å²) in [6.45, 7) is 11.1. The van der Waals surface area contributed by atoms with Gasteiger partial charge in [0.15, 0.2) is 0 Å². The first-order chi connectivity index (χ1) is 11.0. The Morgan fingerprint density at radius 1 is 1.00 bits per heavy atom. The molecular formula is C20H24O2Si. The van der Waals surface area contributed by atoms with E-state index in [2.05, 4.69) is 43.9 Å². The molecule has 2 rings (SSSR count). The Kier molecular flexibility index (Phi) is 5.56. The molecule has 0 aliphatic rings. The minimum absolute atomic E-state index is 0.275. The Balaban J connectivity index is 2.26. The largest absolute Gasteiger partial charge is 0.462 e. The smallest absolute Gasteiger partial charge is 0.338 e. The van der Waals surface area contributed by atoms with E-state index in [1.807, 2.05) is 37.3 Å². The molecule has 0 aromatic heterocycles. The van der Waals surface area contributed by atoms with Crippen LogP contribution < -0.4 is 5.19 Å². The molecule has 0 aliphatic carbocycles. The van der Waals surface area contributed by atoms with Gasteiger partial charge >= 0.3 is 5.97 Å². The van der Waals surface area contributed by atoms with E-state index in [-0.39, 0.29) is 5.97 Å². The fourth-order valence-corrected chi connectivity index (χ4v) is 5.35. The summed E-state index contributed by atoms with van der Waals surface area (Å²) >= 11 is 0. The Morgan fingerprint density at radius 2 is 1.57 bits per heavy atom. The fourth-order valence-electron chi connectivity index (χ4n) is 2.80. The first-order valence-electron chi connectivity index (χ1n) is 7.95. The zero-order chi connectivity index (χ0) is 16.9. The van der Waals surface area contributed by atoms with Crippen LogP contribution in [0.5, 0.6) is 0 Å². The number of esters is 1. The van der Waals surface area contributed by atoms with Gasteiger partial charge in [0.2, 0.25) is 0 Å². The maximum absolute atomic E-state index is 12.2. The highest BCUT2D eigenvalue weighted by Gasteiger charge is 2.26. The molecule has 0 aliphatic heterocycles. The van der Waals surface area contributed by atoms with Gasteiger partial charge in [-0.1, -0.05) is 73.4 Å². The van der Waals surface area contributed by atoms with Gasteiger partial charge in [-0.3, -0.25) is 0 Å². The van der Waals surface area contributed by atoms with E-state index >= 15 is 0 Å². The number of ether oxygens (including phenoxy) is 1. The fraction of sp³-hybridized carbons (Fsp3) is 0.250. The van der Waals surface area contributed by atoms with Crippen molar-refractivity contribution < 1.29 is 9.53 Å². The molecule has 2 aromatic rings. The van der Waals surface area contributed by atoms with Crippen molar-refractivity contribution in [2.75, 3.05) is 6.61 Å². The van der Waals surface area contributed by atoms with Crippen LogP contribution in [-0.2, 0) is 4.74 Å². The molecule has 0 amide bonds. The Labute approximate surface area is 139 Å². The lowest BCUT2D eigenvalue weighted by Gasteiger charge is -2.25. The molecule has 0 radical (unpaired) electrons. The normalized spacial score (nSPS) is 11.1. The van der Waals surface area contributed by atoms with Crippen molar-refractivity contribution in [3.8, 4) is 0 Å². The second kappa shape index (κ2) is 7.42. The zero-order valence-electron chi connectivity index (χ0n) is 14.1. The molecule has 0 saturated carbocycles. The molecule has 2 nitrogen and oxygen atoms in total. The second-order valence-electron chi connectivity index (χ2n) is 6.30. The van der Waals surface area contributed by atoms with Crippen LogP contribution in [0.2, 0.25) is 19.1 Å². The van der Waals surface area contributed by atoms with Crippen LogP contribution >= 0.6 is 0 Å². The molecular weight excluding hydrogens is 300 g/mol. The Hall–Kier alpha value is -2.13. The van der Waals surface area contributed by atoms with Crippen molar-refractivity contribution in [2.45, 2.75) is 26.1 Å². The van der Waals surface area contributed by atoms with Gasteiger partial charge in [0.1, 0.15) is 0 Å². The van der Waals surface area contributed by atoms with E-state index in [0.29, 0.717) is 12.2 Å². The summed E-state index contributed by atoms with van der Waals surface area (Å²) in [5.41, 5.74) is 2.52. The zero-order valence-corrected chi connectivity index (χ0v) is 15.1. The maximum atomic E-state index is 12.2. The molecule has 0 saturated heterocycles. The topological polar surface area (TPSA) is 26.3 Å². The number of hydrogen-bond donors (Lipinski definition) is 0. The molecule has 0 heterocycles. The molecule has 2 aromatic carbocycles. The van der Waals surface area contributed by atoms with Crippen LogP contribution in [0.3, 0.4) is 0 Å². The van der Waals surface area contributed by atoms with Crippen molar-refractivity contribution >= 4 is 24.8 Å². The average molecular weight is 324 g/mol. The van der Waals surface area contributed by atoms with Crippen LogP contribution in [0, 0.1) is 0 Å². The van der Waals surface area contributed by atoms with Gasteiger partial charge < -0.3 is 4.74 Å². The number of allylic oxidation sites excluding steroid dienone is 1. The summed E-state index contributed by atoms with van der Waals surface area (Å²) < 4.78 is 5.16. The van der Waals surface area contributed by atoms with Gasteiger partial charge in [0.25, 0.3) is 0 Å². The van der Waals surface area contributed by atoms with Crippen molar-refractivity contribution in [3.63, 3.8) is 0 Å². The second-order valence-corrected chi connectivity index (χ2v) is 11.0. The lowest BCUT2D eigenvalue weighted by Crippen LogP contribution is -2.41. The summed E-state index contributed by atoms with van der Waals surface area (Å²) in [6.07, 6.45) is 0. The van der Waals surface area contributed by atoms with Crippen LogP contribution in [0.4, 0.5) is 0 Å². The maximum Gasteiger partial charge on any atom is 0.338 e. The molecule has 0 N–H and O–H groups in total. The SMILES string of the molecule is C=C(C[Si](C)(C)c1ccccc1)c1ccccc1C(=O)OCC. The third-order valence-corrected chi connectivity index (χ3v) is 7.22. The number of carbonyl (C=O) groups excluding carboxylic acids is 1. The van der Waals surface area contributed by atoms with Gasteiger partial charge in [0.05, 0.1) is 20.2 Å². The van der Waals surface area contributed by atoms with Crippen LogP contribution in [0.15, 0.2) is 61.2 Å². The predicted octanol–water partition coefficient (Wildman–Crippen LogP) is 4.49. The van der Waals surface area contributed by atoms with Gasteiger partial charge in [-0.15, -0.1) is 0 Å². The summed E-state index contributed by atoms with van der Waals surface area (Å²) in [4.78, 5) is 12.2. The first-order valence-corrected chi connectivity index (χ1v) is 11.2. The van der Waals surface area contributed by atoms with Crippen LogP contribution in [0.25, 0.3) is 5.57 Å². The van der Waals surface area contributed by atoms with Crippen molar-refractivity contribution in [3.05, 3.63) is 72.3 Å². The monoisotopic (exact) mass is 324 g/mol. The van der Waals surface area contributed by atoms with E-state index in [0.717, 1.165) is 17.2 Å². The Morgan fingerprint density at radius 3 is 2.17 bits per heavy atom. The molecule has 120 valence electrons. The standard InChI is InChI=1S/C20H24O2Si/c1-5-22-20(21)19-14-10-9-13-18(19)16(2)15-23(3,4)17-11-7-6-8-12-17/h6-14H,2,5,15H2,1,3-4H3. The van der Waals surface area contributed by atoms with E-state index in [4.69, 9.17) is 4.74 Å². The Bertz CT molecular complexity index is 690. The molecule has 3 heteroatoms. The first kappa shape index (κ1) is 17.2. The number of benzene rings is 2.